The van der Waals surface area contributed by atoms with Crippen molar-refractivity contribution in [1.82, 2.24) is 10.2 Å². The van der Waals surface area contributed by atoms with Gasteiger partial charge >= 0.3 is 0 Å². The number of aryl methyl sites for hydroxylation is 1. The number of unbranched alkanes of at least 4 members (excludes halogenated alkanes) is 1. The van der Waals surface area contributed by atoms with Gasteiger partial charge in [0.15, 0.2) is 0 Å². The lowest BCUT2D eigenvalue weighted by molar-refractivity contribution is 0.199. The van der Waals surface area contributed by atoms with Crippen molar-refractivity contribution in [3.05, 3.63) is 35.4 Å². The van der Waals surface area contributed by atoms with Crippen LogP contribution in [-0.4, -0.2) is 45.3 Å². The summed E-state index contributed by atoms with van der Waals surface area (Å²) in [5, 5.41) is 3.37. The second-order valence-electron chi connectivity index (χ2n) is 5.17. The number of hydrogen-bond donors (Lipinski definition) is 1. The van der Waals surface area contributed by atoms with Crippen molar-refractivity contribution in [3.8, 4) is 0 Å². The van der Waals surface area contributed by atoms with E-state index < -0.39 is 0 Å². The van der Waals surface area contributed by atoms with Gasteiger partial charge in [-0.2, -0.15) is 0 Å². The molecule has 108 valence electrons. The molecule has 0 spiro atoms. The summed E-state index contributed by atoms with van der Waals surface area (Å²) in [4.78, 5) is 2.39. The van der Waals surface area contributed by atoms with Gasteiger partial charge in [-0.05, 0) is 45.5 Å². The van der Waals surface area contributed by atoms with E-state index >= 15 is 0 Å². The monoisotopic (exact) mass is 264 g/mol. The summed E-state index contributed by atoms with van der Waals surface area (Å²) < 4.78 is 4.99. The van der Waals surface area contributed by atoms with Crippen molar-refractivity contribution in [3.63, 3.8) is 0 Å². The minimum atomic E-state index is 0.799. The van der Waals surface area contributed by atoms with E-state index in [0.29, 0.717) is 0 Å². The molecule has 1 aromatic rings. The van der Waals surface area contributed by atoms with Crippen LogP contribution in [0.2, 0.25) is 0 Å². The summed E-state index contributed by atoms with van der Waals surface area (Å²) in [7, 11) is 3.93. The van der Waals surface area contributed by atoms with Gasteiger partial charge in [0, 0.05) is 20.2 Å². The quantitative estimate of drug-likeness (QED) is 0.657. The van der Waals surface area contributed by atoms with E-state index in [-0.39, 0.29) is 0 Å². The zero-order valence-corrected chi connectivity index (χ0v) is 12.6. The van der Waals surface area contributed by atoms with Crippen LogP contribution in [0.4, 0.5) is 0 Å². The second-order valence-corrected chi connectivity index (χ2v) is 5.17. The van der Waals surface area contributed by atoms with E-state index in [1.54, 1.807) is 7.11 Å². The molecule has 0 aliphatic heterocycles. The van der Waals surface area contributed by atoms with E-state index in [2.05, 4.69) is 48.5 Å². The van der Waals surface area contributed by atoms with Crippen molar-refractivity contribution in [2.75, 3.05) is 40.4 Å². The predicted molar refractivity (Wildman–Crippen MR) is 81.5 cm³/mol. The number of methoxy groups -OCH3 is 1. The van der Waals surface area contributed by atoms with E-state index in [4.69, 9.17) is 4.74 Å². The second kappa shape index (κ2) is 9.96. The largest absolute Gasteiger partial charge is 0.383 e. The highest BCUT2D eigenvalue weighted by atomic mass is 16.5. The molecule has 0 saturated heterocycles. The fourth-order valence-corrected chi connectivity index (χ4v) is 2.02. The molecule has 0 bridgehead atoms. The van der Waals surface area contributed by atoms with E-state index in [0.717, 1.165) is 32.8 Å². The Balaban J connectivity index is 2.04. The van der Waals surface area contributed by atoms with Crippen LogP contribution in [0.5, 0.6) is 0 Å². The SMILES string of the molecule is COCCNCCCCN(C)Cc1ccc(C)cc1. The molecule has 0 aliphatic carbocycles. The molecule has 1 aromatic carbocycles. The minimum absolute atomic E-state index is 0.799. The van der Waals surface area contributed by atoms with Gasteiger partial charge in [-0.25, -0.2) is 0 Å². The molecule has 0 radical (unpaired) electrons. The van der Waals surface area contributed by atoms with Crippen LogP contribution in [-0.2, 0) is 11.3 Å². The van der Waals surface area contributed by atoms with E-state index in [1.807, 2.05) is 0 Å². The van der Waals surface area contributed by atoms with Gasteiger partial charge in [0.2, 0.25) is 0 Å². The van der Waals surface area contributed by atoms with Gasteiger partial charge < -0.3 is 15.0 Å². The Morgan fingerprint density at radius 1 is 1.11 bits per heavy atom. The first-order valence-corrected chi connectivity index (χ1v) is 7.16. The molecule has 0 aliphatic rings. The standard InChI is InChI=1S/C16H28N2O/c1-15-6-8-16(9-7-15)14-18(2)12-5-4-10-17-11-13-19-3/h6-9,17H,4-5,10-14H2,1-3H3. The van der Waals surface area contributed by atoms with Crippen LogP contribution < -0.4 is 5.32 Å². The van der Waals surface area contributed by atoms with Crippen LogP contribution in [0.3, 0.4) is 0 Å². The molecule has 1 rings (SSSR count). The summed E-state index contributed by atoms with van der Waals surface area (Å²) in [5.74, 6) is 0. The Bertz CT molecular complexity index is 324. The lowest BCUT2D eigenvalue weighted by Gasteiger charge is -2.16. The van der Waals surface area contributed by atoms with Crippen molar-refractivity contribution >= 4 is 0 Å². The van der Waals surface area contributed by atoms with Crippen molar-refractivity contribution in [2.45, 2.75) is 26.3 Å². The van der Waals surface area contributed by atoms with Crippen LogP contribution in [0.1, 0.15) is 24.0 Å². The Labute approximate surface area is 118 Å². The lowest BCUT2D eigenvalue weighted by Crippen LogP contribution is -2.23. The van der Waals surface area contributed by atoms with Crippen LogP contribution in [0, 0.1) is 6.92 Å². The van der Waals surface area contributed by atoms with Gasteiger partial charge in [-0.1, -0.05) is 29.8 Å². The molecule has 0 saturated carbocycles. The van der Waals surface area contributed by atoms with Crippen molar-refractivity contribution in [2.24, 2.45) is 0 Å². The van der Waals surface area contributed by atoms with Crippen molar-refractivity contribution < 1.29 is 4.74 Å². The Morgan fingerprint density at radius 3 is 2.53 bits per heavy atom. The lowest BCUT2D eigenvalue weighted by atomic mass is 10.1. The zero-order valence-electron chi connectivity index (χ0n) is 12.6. The molecule has 1 N–H and O–H groups in total. The normalized spacial score (nSPS) is 11.2. The van der Waals surface area contributed by atoms with Crippen LogP contribution in [0.15, 0.2) is 24.3 Å². The molecule has 19 heavy (non-hydrogen) atoms. The molecular weight excluding hydrogens is 236 g/mol. The third-order valence-corrected chi connectivity index (χ3v) is 3.20. The van der Waals surface area contributed by atoms with Gasteiger partial charge in [0.25, 0.3) is 0 Å². The summed E-state index contributed by atoms with van der Waals surface area (Å²) in [5.41, 5.74) is 2.72. The van der Waals surface area contributed by atoms with Crippen molar-refractivity contribution in [1.29, 1.82) is 0 Å². The highest BCUT2D eigenvalue weighted by Crippen LogP contribution is 2.06. The van der Waals surface area contributed by atoms with Gasteiger partial charge in [-0.15, -0.1) is 0 Å². The molecule has 0 aromatic heterocycles. The average Bonchev–Trinajstić information content (AvgIpc) is 2.40. The smallest absolute Gasteiger partial charge is 0.0587 e. The summed E-state index contributed by atoms with van der Waals surface area (Å²) in [6.07, 6.45) is 2.46. The first-order valence-electron chi connectivity index (χ1n) is 7.16. The molecule has 0 atom stereocenters. The number of rotatable bonds is 10. The average molecular weight is 264 g/mol. The van der Waals surface area contributed by atoms with E-state index in [1.165, 1.54) is 24.0 Å². The maximum atomic E-state index is 4.99. The molecule has 0 fully saturated rings. The summed E-state index contributed by atoms with van der Waals surface area (Å²) in [6.45, 7) is 7.16. The first kappa shape index (κ1) is 16.2. The Morgan fingerprint density at radius 2 is 1.84 bits per heavy atom. The summed E-state index contributed by atoms with van der Waals surface area (Å²) >= 11 is 0. The number of hydrogen-bond acceptors (Lipinski definition) is 3. The number of benzene rings is 1. The maximum absolute atomic E-state index is 4.99. The number of nitrogens with one attached hydrogen (secondary N) is 1. The number of nitrogens with zero attached hydrogens (tertiary/aromatic N) is 1. The first-order chi connectivity index (χ1) is 9.22. The van der Waals surface area contributed by atoms with Crippen LogP contribution in [0.25, 0.3) is 0 Å². The Kier molecular flexibility index (Phi) is 8.47. The third kappa shape index (κ3) is 7.98. The van der Waals surface area contributed by atoms with Crippen LogP contribution >= 0.6 is 0 Å². The third-order valence-electron chi connectivity index (χ3n) is 3.20. The maximum Gasteiger partial charge on any atom is 0.0587 e. The molecule has 3 nitrogen and oxygen atoms in total. The molecule has 0 heterocycles. The highest BCUT2D eigenvalue weighted by Gasteiger charge is 2.00. The minimum Gasteiger partial charge on any atom is -0.383 e. The molecule has 0 unspecified atom stereocenters. The molecule has 0 amide bonds. The molecular formula is C16H28N2O. The fraction of sp³-hybridized carbons (Fsp3) is 0.625. The number of ether oxygens (including phenoxy) is 1. The van der Waals surface area contributed by atoms with E-state index in [9.17, 15) is 0 Å². The fourth-order valence-electron chi connectivity index (χ4n) is 2.02. The zero-order chi connectivity index (χ0) is 13.9. The van der Waals surface area contributed by atoms with Gasteiger partial charge in [0.05, 0.1) is 6.61 Å². The predicted octanol–water partition coefficient (Wildman–Crippen LogP) is 2.44. The van der Waals surface area contributed by atoms with Gasteiger partial charge in [0.1, 0.15) is 0 Å². The van der Waals surface area contributed by atoms with Gasteiger partial charge in [-0.3, -0.25) is 0 Å². The molecule has 3 heteroatoms. The summed E-state index contributed by atoms with van der Waals surface area (Å²) in [6, 6.07) is 8.81. The Hall–Kier alpha value is -0.900. The topological polar surface area (TPSA) is 24.5 Å². The highest BCUT2D eigenvalue weighted by molar-refractivity contribution is 5.21.